The van der Waals surface area contributed by atoms with E-state index in [2.05, 4.69) is 41.5 Å². The van der Waals surface area contributed by atoms with Crippen molar-refractivity contribution in [3.05, 3.63) is 89.2 Å². The third-order valence-corrected chi connectivity index (χ3v) is 9.09. The Labute approximate surface area is 234 Å². The van der Waals surface area contributed by atoms with Gasteiger partial charge in [-0.1, -0.05) is 61.4 Å². The summed E-state index contributed by atoms with van der Waals surface area (Å²) < 4.78 is 8.91. The summed E-state index contributed by atoms with van der Waals surface area (Å²) >= 11 is 0. The van der Waals surface area contributed by atoms with Crippen LogP contribution >= 0.6 is 0 Å². The minimum Gasteiger partial charge on any atom is -0.493 e. The van der Waals surface area contributed by atoms with Gasteiger partial charge in [-0.05, 0) is 81.9 Å². The summed E-state index contributed by atoms with van der Waals surface area (Å²) in [6.45, 7) is 8.76. The average Bonchev–Trinajstić information content (AvgIpc) is 3.57. The topological polar surface area (TPSA) is 37.7 Å². The molecule has 1 amide bonds. The molecule has 0 N–H and O–H groups in total. The molecule has 1 aromatic heterocycles. The van der Waals surface area contributed by atoms with Crippen LogP contribution in [0, 0.1) is 19.3 Å². The molecule has 1 saturated heterocycles. The predicted octanol–water partition coefficient (Wildman–Crippen LogP) is 6.93. The van der Waals surface area contributed by atoms with Crippen LogP contribution in [-0.2, 0) is 17.9 Å². The lowest BCUT2D eigenvalue weighted by Gasteiger charge is -2.42. The number of nitrogens with zero attached hydrogens (tertiary/aromatic N) is 3. The maximum Gasteiger partial charge on any atom is 0.223 e. The fraction of sp³-hybridized carbons (Fsp3) is 0.500. The molecule has 2 fully saturated rings. The van der Waals surface area contributed by atoms with Crippen molar-refractivity contribution in [1.29, 1.82) is 0 Å². The molecule has 1 saturated carbocycles. The highest BCUT2D eigenvalue weighted by Crippen LogP contribution is 2.38. The number of carbonyl (C=O) groups excluding carboxylic acids is 1. The van der Waals surface area contributed by atoms with Gasteiger partial charge in [0.25, 0.3) is 0 Å². The minimum atomic E-state index is -0.158. The molecule has 0 atom stereocenters. The molecule has 208 valence electrons. The summed E-state index contributed by atoms with van der Waals surface area (Å²) in [5.41, 5.74) is 5.32. The molecule has 5 nitrogen and oxygen atoms in total. The first-order valence-electron chi connectivity index (χ1n) is 14.8. The molecule has 1 aliphatic heterocycles. The van der Waals surface area contributed by atoms with Crippen molar-refractivity contribution >= 4 is 5.91 Å². The van der Waals surface area contributed by atoms with Crippen LogP contribution in [0.2, 0.25) is 0 Å². The van der Waals surface area contributed by atoms with Gasteiger partial charge in [0, 0.05) is 49.4 Å². The second kappa shape index (κ2) is 12.4. The maximum absolute atomic E-state index is 13.5. The molecule has 2 heterocycles. The second-order valence-corrected chi connectivity index (χ2v) is 12.0. The molecule has 5 rings (SSSR count). The molecule has 39 heavy (non-hydrogen) atoms. The van der Waals surface area contributed by atoms with E-state index in [1.807, 2.05) is 60.5 Å². The Morgan fingerprint density at radius 3 is 2.28 bits per heavy atom. The Kier molecular flexibility index (Phi) is 8.76. The number of ether oxygens (including phenoxy) is 1. The zero-order chi connectivity index (χ0) is 27.2. The molecule has 0 spiro atoms. The number of piperidine rings is 1. The number of aryl methyl sites for hydroxylation is 1. The third kappa shape index (κ3) is 6.75. The molecule has 1 aliphatic carbocycles. The summed E-state index contributed by atoms with van der Waals surface area (Å²) in [5.74, 6) is 1.08. The summed E-state index contributed by atoms with van der Waals surface area (Å²) in [6.07, 6.45) is 7.79. The van der Waals surface area contributed by atoms with Gasteiger partial charge in [-0.2, -0.15) is 0 Å². The molecule has 0 radical (unpaired) electrons. The van der Waals surface area contributed by atoms with Crippen LogP contribution in [0.1, 0.15) is 73.5 Å². The van der Waals surface area contributed by atoms with E-state index in [9.17, 15) is 4.79 Å². The van der Waals surface area contributed by atoms with Crippen molar-refractivity contribution in [3.63, 3.8) is 0 Å². The van der Waals surface area contributed by atoms with Gasteiger partial charge >= 0.3 is 0 Å². The van der Waals surface area contributed by atoms with E-state index in [-0.39, 0.29) is 11.3 Å². The van der Waals surface area contributed by atoms with Gasteiger partial charge in [0.2, 0.25) is 5.91 Å². The summed E-state index contributed by atoms with van der Waals surface area (Å²) in [5, 5.41) is 0. The van der Waals surface area contributed by atoms with Crippen molar-refractivity contribution in [2.75, 3.05) is 26.7 Å². The first-order chi connectivity index (χ1) is 18.9. The van der Waals surface area contributed by atoms with Crippen LogP contribution in [0.5, 0.6) is 5.75 Å². The smallest absolute Gasteiger partial charge is 0.223 e. The lowest BCUT2D eigenvalue weighted by molar-refractivity contribution is -0.134. The second-order valence-electron chi connectivity index (χ2n) is 12.0. The Hall–Kier alpha value is -3.05. The first kappa shape index (κ1) is 27.5. The summed E-state index contributed by atoms with van der Waals surface area (Å²) in [4.78, 5) is 17.9. The quantitative estimate of drug-likeness (QED) is 0.287. The SMILES string of the molecule is Cc1cc(CN2CCC(COc3ccccc3)(CC(=O)N(C)Cc3ccccc3)CC2)c(C)n1C1CCCC1. The largest absolute Gasteiger partial charge is 0.493 e. The zero-order valence-corrected chi connectivity index (χ0v) is 24.1. The van der Waals surface area contributed by atoms with Gasteiger partial charge in [-0.25, -0.2) is 0 Å². The first-order valence-corrected chi connectivity index (χ1v) is 14.8. The molecule has 5 heteroatoms. The van der Waals surface area contributed by atoms with Crippen molar-refractivity contribution in [3.8, 4) is 5.75 Å². The van der Waals surface area contributed by atoms with Crippen molar-refractivity contribution in [2.45, 2.75) is 77.9 Å². The zero-order valence-electron chi connectivity index (χ0n) is 24.1. The van der Waals surface area contributed by atoms with Crippen LogP contribution in [0.3, 0.4) is 0 Å². The third-order valence-electron chi connectivity index (χ3n) is 9.09. The van der Waals surface area contributed by atoms with Crippen LogP contribution in [-0.4, -0.2) is 47.0 Å². The van der Waals surface area contributed by atoms with E-state index >= 15 is 0 Å². The van der Waals surface area contributed by atoms with Gasteiger partial charge in [0.15, 0.2) is 0 Å². The summed E-state index contributed by atoms with van der Waals surface area (Å²) in [7, 11) is 1.93. The Morgan fingerprint density at radius 2 is 1.62 bits per heavy atom. The fourth-order valence-electron chi connectivity index (χ4n) is 6.68. The van der Waals surface area contributed by atoms with Crippen molar-refractivity contribution in [1.82, 2.24) is 14.4 Å². The number of carbonyl (C=O) groups is 1. The lowest BCUT2D eigenvalue weighted by atomic mass is 9.75. The molecule has 0 unspecified atom stereocenters. The molecule has 3 aromatic rings. The van der Waals surface area contributed by atoms with Crippen LogP contribution in [0.25, 0.3) is 0 Å². The highest BCUT2D eigenvalue weighted by atomic mass is 16.5. The monoisotopic (exact) mass is 527 g/mol. The summed E-state index contributed by atoms with van der Waals surface area (Å²) in [6, 6.07) is 23.4. The number of aromatic nitrogens is 1. The molecule has 2 aliphatic rings. The van der Waals surface area contributed by atoms with E-state index in [0.29, 0.717) is 25.6 Å². The minimum absolute atomic E-state index is 0.158. The van der Waals surface area contributed by atoms with Gasteiger partial charge in [0.05, 0.1) is 6.61 Å². The number of hydrogen-bond donors (Lipinski definition) is 0. The van der Waals surface area contributed by atoms with Crippen LogP contribution < -0.4 is 4.74 Å². The van der Waals surface area contributed by atoms with Crippen molar-refractivity contribution < 1.29 is 9.53 Å². The molecule has 0 bridgehead atoms. The Bertz CT molecular complexity index is 1210. The number of para-hydroxylation sites is 1. The average molecular weight is 528 g/mol. The predicted molar refractivity (Wildman–Crippen MR) is 158 cm³/mol. The van der Waals surface area contributed by atoms with Gasteiger partial charge in [-0.15, -0.1) is 0 Å². The number of benzene rings is 2. The number of likely N-dealkylation sites (tertiary alicyclic amines) is 1. The molecular formula is C34H45N3O2. The van der Waals surface area contributed by atoms with Gasteiger partial charge < -0.3 is 14.2 Å². The van der Waals surface area contributed by atoms with Crippen molar-refractivity contribution in [2.24, 2.45) is 5.41 Å². The number of amides is 1. The van der Waals surface area contributed by atoms with E-state index < -0.39 is 0 Å². The lowest BCUT2D eigenvalue weighted by Crippen LogP contribution is -2.45. The van der Waals surface area contributed by atoms with Gasteiger partial charge in [-0.3, -0.25) is 9.69 Å². The standard InChI is InChI=1S/C34H45N3O2/c1-27-22-30(28(2)37(27)31-14-10-11-15-31)25-36-20-18-34(19-21-36,26-39-32-16-8-5-9-17-32)23-33(38)35(3)24-29-12-6-4-7-13-29/h4-9,12-13,16-17,22,31H,10-11,14-15,18-21,23-26H2,1-3H3. The van der Waals surface area contributed by atoms with Crippen LogP contribution in [0.15, 0.2) is 66.7 Å². The van der Waals surface area contributed by atoms with E-state index in [1.165, 1.54) is 42.6 Å². The van der Waals surface area contributed by atoms with E-state index in [1.54, 1.807) is 0 Å². The van der Waals surface area contributed by atoms with E-state index in [4.69, 9.17) is 4.74 Å². The highest BCUT2D eigenvalue weighted by molar-refractivity contribution is 5.76. The normalized spacial score (nSPS) is 17.8. The van der Waals surface area contributed by atoms with Crippen LogP contribution in [0.4, 0.5) is 0 Å². The highest BCUT2D eigenvalue weighted by Gasteiger charge is 2.38. The molecule has 2 aromatic carbocycles. The Balaban J connectivity index is 1.25. The maximum atomic E-state index is 13.5. The Morgan fingerprint density at radius 1 is 0.974 bits per heavy atom. The fourth-order valence-corrected chi connectivity index (χ4v) is 6.68. The van der Waals surface area contributed by atoms with E-state index in [0.717, 1.165) is 43.8 Å². The van der Waals surface area contributed by atoms with Gasteiger partial charge in [0.1, 0.15) is 5.75 Å². The number of rotatable bonds is 10. The molecular weight excluding hydrogens is 482 g/mol. The number of hydrogen-bond acceptors (Lipinski definition) is 3.